The number of amides is 1. The number of thioether (sulfide) groups is 2. The van der Waals surface area contributed by atoms with Crippen molar-refractivity contribution < 1.29 is 4.79 Å². The van der Waals surface area contributed by atoms with Crippen LogP contribution in [-0.4, -0.2) is 17.9 Å². The summed E-state index contributed by atoms with van der Waals surface area (Å²) in [6.45, 7) is 0. The second-order valence-corrected chi connectivity index (χ2v) is 9.02. The third kappa shape index (κ3) is 5.76. The second kappa shape index (κ2) is 9.83. The maximum Gasteiger partial charge on any atom is 0.258 e. The van der Waals surface area contributed by atoms with E-state index in [1.807, 2.05) is 66.9 Å². The SMILES string of the molecule is CN(C=C(Sc1ccccc1)Sc1ccccc1)C(=O)c1ccccc1Br. The van der Waals surface area contributed by atoms with Crippen LogP contribution in [0.15, 0.2) is 110 Å². The van der Waals surface area contributed by atoms with E-state index < -0.39 is 0 Å². The minimum Gasteiger partial charge on any atom is -0.316 e. The third-order valence-electron chi connectivity index (χ3n) is 3.65. The van der Waals surface area contributed by atoms with Crippen molar-refractivity contribution in [1.29, 1.82) is 0 Å². The largest absolute Gasteiger partial charge is 0.316 e. The van der Waals surface area contributed by atoms with Crippen molar-refractivity contribution in [2.75, 3.05) is 7.05 Å². The number of nitrogens with zero attached hydrogens (tertiary/aromatic N) is 1. The molecule has 0 fully saturated rings. The number of benzene rings is 3. The molecule has 3 rings (SSSR count). The Morgan fingerprint density at radius 3 is 1.81 bits per heavy atom. The summed E-state index contributed by atoms with van der Waals surface area (Å²) in [6, 6.07) is 27.8. The fraction of sp³-hybridized carbons (Fsp3) is 0.0455. The molecule has 0 saturated carbocycles. The van der Waals surface area contributed by atoms with Gasteiger partial charge in [0, 0.05) is 27.5 Å². The number of halogens is 1. The van der Waals surface area contributed by atoms with Crippen molar-refractivity contribution in [1.82, 2.24) is 4.90 Å². The summed E-state index contributed by atoms with van der Waals surface area (Å²) >= 11 is 6.75. The quantitative estimate of drug-likeness (QED) is 0.376. The molecule has 0 aromatic heterocycles. The van der Waals surface area contributed by atoms with Crippen molar-refractivity contribution in [2.45, 2.75) is 9.79 Å². The van der Waals surface area contributed by atoms with E-state index in [1.54, 1.807) is 35.5 Å². The molecule has 0 aliphatic heterocycles. The lowest BCUT2D eigenvalue weighted by Gasteiger charge is -2.16. The fourth-order valence-corrected chi connectivity index (χ4v) is 5.00. The summed E-state index contributed by atoms with van der Waals surface area (Å²) in [4.78, 5) is 16.7. The molecular weight excluding hydrogens is 438 g/mol. The smallest absolute Gasteiger partial charge is 0.258 e. The lowest BCUT2D eigenvalue weighted by molar-refractivity contribution is 0.0849. The highest BCUT2D eigenvalue weighted by Crippen LogP contribution is 2.39. The van der Waals surface area contributed by atoms with E-state index in [9.17, 15) is 4.79 Å². The van der Waals surface area contributed by atoms with Crippen LogP contribution in [0.25, 0.3) is 0 Å². The molecule has 0 bridgehead atoms. The summed E-state index contributed by atoms with van der Waals surface area (Å²) in [5.74, 6) is -0.0534. The molecule has 0 heterocycles. The Labute approximate surface area is 176 Å². The zero-order valence-corrected chi connectivity index (χ0v) is 17.9. The van der Waals surface area contributed by atoms with Gasteiger partial charge in [-0.1, -0.05) is 72.1 Å². The zero-order valence-electron chi connectivity index (χ0n) is 14.7. The molecule has 3 aromatic carbocycles. The Morgan fingerprint density at radius 1 is 0.815 bits per heavy atom. The monoisotopic (exact) mass is 455 g/mol. The van der Waals surface area contributed by atoms with Gasteiger partial charge in [0.2, 0.25) is 0 Å². The van der Waals surface area contributed by atoms with E-state index in [2.05, 4.69) is 40.2 Å². The molecule has 0 saturated heterocycles. The minimum atomic E-state index is -0.0534. The highest BCUT2D eigenvalue weighted by Gasteiger charge is 2.14. The molecule has 0 N–H and O–H groups in total. The van der Waals surface area contributed by atoms with Crippen molar-refractivity contribution in [2.24, 2.45) is 0 Å². The van der Waals surface area contributed by atoms with E-state index in [1.165, 1.54) is 0 Å². The van der Waals surface area contributed by atoms with Crippen LogP contribution in [-0.2, 0) is 0 Å². The molecule has 0 spiro atoms. The molecular formula is C22H18BrNOS2. The number of hydrogen-bond acceptors (Lipinski definition) is 3. The first-order valence-electron chi connectivity index (χ1n) is 8.33. The predicted molar refractivity (Wildman–Crippen MR) is 119 cm³/mol. The van der Waals surface area contributed by atoms with Crippen LogP contribution in [0, 0.1) is 0 Å². The lowest BCUT2D eigenvalue weighted by atomic mass is 10.2. The standard InChI is InChI=1S/C22H18BrNOS2/c1-24(22(25)19-14-8-9-15-20(19)23)16-21(26-17-10-4-2-5-11-17)27-18-12-6-3-7-13-18/h2-16H,1H3. The Bertz CT molecular complexity index is 886. The molecule has 0 aliphatic rings. The van der Waals surface area contributed by atoms with Gasteiger partial charge in [-0.25, -0.2) is 0 Å². The summed E-state index contributed by atoms with van der Waals surface area (Å²) in [5.41, 5.74) is 0.644. The fourth-order valence-electron chi connectivity index (χ4n) is 2.32. The van der Waals surface area contributed by atoms with E-state index in [-0.39, 0.29) is 5.91 Å². The predicted octanol–water partition coefficient (Wildman–Crippen LogP) is 6.90. The van der Waals surface area contributed by atoms with Crippen LogP contribution < -0.4 is 0 Å². The summed E-state index contributed by atoms with van der Waals surface area (Å²) in [7, 11) is 1.79. The second-order valence-electron chi connectivity index (χ2n) is 5.67. The molecule has 1 amide bonds. The Balaban J connectivity index is 1.86. The summed E-state index contributed by atoms with van der Waals surface area (Å²) in [6.07, 6.45) is 1.90. The van der Waals surface area contributed by atoms with Gasteiger partial charge < -0.3 is 4.90 Å². The molecule has 27 heavy (non-hydrogen) atoms. The topological polar surface area (TPSA) is 20.3 Å². The van der Waals surface area contributed by atoms with E-state index in [4.69, 9.17) is 0 Å². The van der Waals surface area contributed by atoms with Gasteiger partial charge in [0.15, 0.2) is 0 Å². The Hall–Kier alpha value is -1.95. The van der Waals surface area contributed by atoms with Crippen molar-refractivity contribution >= 4 is 45.4 Å². The lowest BCUT2D eigenvalue weighted by Crippen LogP contribution is -2.21. The van der Waals surface area contributed by atoms with Crippen LogP contribution >= 0.6 is 39.5 Å². The van der Waals surface area contributed by atoms with Crippen LogP contribution in [0.1, 0.15) is 10.4 Å². The van der Waals surface area contributed by atoms with Gasteiger partial charge in [-0.15, -0.1) is 0 Å². The van der Waals surface area contributed by atoms with Gasteiger partial charge in [-0.3, -0.25) is 4.79 Å². The third-order valence-corrected chi connectivity index (χ3v) is 6.47. The van der Waals surface area contributed by atoms with Gasteiger partial charge in [0.25, 0.3) is 5.91 Å². The van der Waals surface area contributed by atoms with Gasteiger partial charge in [-0.2, -0.15) is 0 Å². The number of carbonyl (C=O) groups is 1. The molecule has 5 heteroatoms. The van der Waals surface area contributed by atoms with Crippen molar-refractivity contribution in [3.05, 3.63) is 105 Å². The zero-order chi connectivity index (χ0) is 19.1. The number of carbonyl (C=O) groups excluding carboxylic acids is 1. The highest BCUT2D eigenvalue weighted by atomic mass is 79.9. The highest BCUT2D eigenvalue weighted by molar-refractivity contribution is 9.10. The average Bonchev–Trinajstić information content (AvgIpc) is 2.69. The van der Waals surface area contributed by atoms with Crippen molar-refractivity contribution in [3.8, 4) is 0 Å². The first-order valence-corrected chi connectivity index (χ1v) is 10.8. The molecule has 3 aromatic rings. The maximum atomic E-state index is 12.8. The normalized spacial score (nSPS) is 10.3. The molecule has 136 valence electrons. The Kier molecular flexibility index (Phi) is 7.21. The van der Waals surface area contributed by atoms with E-state index >= 15 is 0 Å². The van der Waals surface area contributed by atoms with Crippen LogP contribution in [0.3, 0.4) is 0 Å². The first-order chi connectivity index (χ1) is 13.1. The summed E-state index contributed by atoms with van der Waals surface area (Å²) in [5, 5.41) is 0. The molecule has 0 radical (unpaired) electrons. The first kappa shape index (κ1) is 19.8. The number of hydrogen-bond donors (Lipinski definition) is 0. The molecule has 0 atom stereocenters. The van der Waals surface area contributed by atoms with Gasteiger partial charge in [0.05, 0.1) is 9.80 Å². The summed E-state index contributed by atoms with van der Waals surface area (Å²) < 4.78 is 1.82. The molecule has 2 nitrogen and oxygen atoms in total. The van der Waals surface area contributed by atoms with Crippen LogP contribution in [0.2, 0.25) is 0 Å². The average molecular weight is 456 g/mol. The minimum absolute atomic E-state index is 0.0534. The van der Waals surface area contributed by atoms with E-state index in [0.29, 0.717) is 5.56 Å². The molecule has 0 aliphatic carbocycles. The van der Waals surface area contributed by atoms with Crippen LogP contribution in [0.4, 0.5) is 0 Å². The Morgan fingerprint density at radius 2 is 1.30 bits per heavy atom. The maximum absolute atomic E-state index is 12.8. The number of rotatable bonds is 6. The van der Waals surface area contributed by atoms with Gasteiger partial charge in [0.1, 0.15) is 0 Å². The van der Waals surface area contributed by atoms with Gasteiger partial charge >= 0.3 is 0 Å². The molecule has 0 unspecified atom stereocenters. The van der Waals surface area contributed by atoms with Crippen molar-refractivity contribution in [3.63, 3.8) is 0 Å². The van der Waals surface area contributed by atoms with E-state index in [0.717, 1.165) is 18.5 Å². The van der Waals surface area contributed by atoms with Crippen LogP contribution in [0.5, 0.6) is 0 Å². The van der Waals surface area contributed by atoms with Gasteiger partial charge in [-0.05, 0) is 52.3 Å².